The number of imidazole rings is 1. The maximum Gasteiger partial charge on any atom is 0.201 e. The maximum absolute atomic E-state index is 6.04. The Morgan fingerprint density at radius 2 is 2.06 bits per heavy atom. The zero-order valence-electron chi connectivity index (χ0n) is 11.4. The summed E-state index contributed by atoms with van der Waals surface area (Å²) in [5.41, 5.74) is 8.43. The minimum Gasteiger partial charge on any atom is -0.369 e. The lowest BCUT2D eigenvalue weighted by molar-refractivity contribution is 0.236. The summed E-state index contributed by atoms with van der Waals surface area (Å²) >= 11 is 2.30. The van der Waals surface area contributed by atoms with Gasteiger partial charge in [-0.25, -0.2) is 4.98 Å². The van der Waals surface area contributed by atoms with Crippen molar-refractivity contribution < 1.29 is 0 Å². The number of nitrogens with zero attached hydrogens (tertiary/aromatic N) is 2. The third-order valence-corrected chi connectivity index (χ3v) is 4.35. The average Bonchev–Trinajstić information content (AvgIpc) is 2.53. The molecular formula is C14H20IN3. The second-order valence-corrected chi connectivity index (χ2v) is 7.23. The van der Waals surface area contributed by atoms with Crippen molar-refractivity contribution in [1.82, 2.24) is 9.55 Å². The first-order chi connectivity index (χ1) is 8.29. The third kappa shape index (κ3) is 2.63. The van der Waals surface area contributed by atoms with Crippen molar-refractivity contribution in [1.29, 1.82) is 0 Å². The van der Waals surface area contributed by atoms with Crippen molar-refractivity contribution in [3.8, 4) is 0 Å². The van der Waals surface area contributed by atoms with Gasteiger partial charge in [0.25, 0.3) is 0 Å². The third-order valence-electron chi connectivity index (χ3n) is 3.67. The van der Waals surface area contributed by atoms with Gasteiger partial charge in [-0.3, -0.25) is 0 Å². The van der Waals surface area contributed by atoms with Gasteiger partial charge in [-0.1, -0.05) is 27.7 Å². The Labute approximate surface area is 122 Å². The molecule has 0 aliphatic heterocycles. The number of benzene rings is 1. The summed E-state index contributed by atoms with van der Waals surface area (Å²) in [6, 6.07) is 6.28. The summed E-state index contributed by atoms with van der Waals surface area (Å²) in [5.74, 6) is 1.15. The zero-order chi connectivity index (χ0) is 13.5. The Hall–Kier alpha value is -0.780. The highest BCUT2D eigenvalue weighted by Gasteiger charge is 2.22. The molecular weight excluding hydrogens is 337 g/mol. The summed E-state index contributed by atoms with van der Waals surface area (Å²) < 4.78 is 3.31. The lowest BCUT2D eigenvalue weighted by atomic mass is 9.82. The van der Waals surface area contributed by atoms with Crippen LogP contribution in [0.4, 0.5) is 5.95 Å². The van der Waals surface area contributed by atoms with E-state index in [0.29, 0.717) is 11.9 Å². The van der Waals surface area contributed by atoms with Crippen LogP contribution in [0.15, 0.2) is 18.2 Å². The van der Waals surface area contributed by atoms with Gasteiger partial charge in [0.1, 0.15) is 0 Å². The Kier molecular flexibility index (Phi) is 3.58. The molecule has 4 heteroatoms. The van der Waals surface area contributed by atoms with E-state index in [0.717, 1.165) is 17.6 Å². The topological polar surface area (TPSA) is 43.8 Å². The fraction of sp³-hybridized carbons (Fsp3) is 0.500. The molecule has 1 heterocycles. The molecule has 2 N–H and O–H groups in total. The zero-order valence-corrected chi connectivity index (χ0v) is 13.5. The number of halogens is 1. The second-order valence-electron chi connectivity index (χ2n) is 5.98. The highest BCUT2D eigenvalue weighted by Crippen LogP contribution is 2.29. The van der Waals surface area contributed by atoms with E-state index < -0.39 is 0 Å². The van der Waals surface area contributed by atoms with Crippen molar-refractivity contribution in [3.05, 3.63) is 21.8 Å². The minimum absolute atomic E-state index is 0.270. The van der Waals surface area contributed by atoms with Gasteiger partial charge in [-0.2, -0.15) is 0 Å². The van der Waals surface area contributed by atoms with Crippen molar-refractivity contribution in [2.24, 2.45) is 11.3 Å². The van der Waals surface area contributed by atoms with Crippen LogP contribution in [0.5, 0.6) is 0 Å². The van der Waals surface area contributed by atoms with Gasteiger partial charge in [0.2, 0.25) is 5.95 Å². The van der Waals surface area contributed by atoms with Crippen LogP contribution in [0.1, 0.15) is 27.7 Å². The standard InChI is InChI=1S/C14H20IN3/c1-9(14(2,3)4)8-18-12-6-5-10(15)7-11(12)17-13(18)16/h5-7,9H,8H2,1-4H3,(H2,16,17). The Balaban J connectivity index is 2.42. The maximum atomic E-state index is 6.04. The molecule has 0 spiro atoms. The van der Waals surface area contributed by atoms with Gasteiger partial charge < -0.3 is 10.3 Å². The number of fused-ring (bicyclic) bond motifs is 1. The van der Waals surface area contributed by atoms with Crippen LogP contribution in [0.25, 0.3) is 11.0 Å². The first-order valence-electron chi connectivity index (χ1n) is 6.20. The van der Waals surface area contributed by atoms with Gasteiger partial charge in [0, 0.05) is 10.1 Å². The number of hydrogen-bond donors (Lipinski definition) is 1. The molecule has 1 atom stereocenters. The molecule has 98 valence electrons. The van der Waals surface area contributed by atoms with Crippen molar-refractivity contribution in [2.45, 2.75) is 34.2 Å². The Bertz CT molecular complexity index is 566. The smallest absolute Gasteiger partial charge is 0.201 e. The molecule has 0 radical (unpaired) electrons. The SMILES string of the molecule is CC(Cn1c(N)nc2cc(I)ccc21)C(C)(C)C. The summed E-state index contributed by atoms with van der Waals surface area (Å²) in [6.07, 6.45) is 0. The lowest BCUT2D eigenvalue weighted by Crippen LogP contribution is -2.23. The van der Waals surface area contributed by atoms with Crippen LogP contribution < -0.4 is 5.73 Å². The summed E-state index contributed by atoms with van der Waals surface area (Å²) in [6.45, 7) is 9.95. The van der Waals surface area contributed by atoms with Gasteiger partial charge in [-0.05, 0) is 52.1 Å². The van der Waals surface area contributed by atoms with Crippen LogP contribution in [-0.2, 0) is 6.54 Å². The van der Waals surface area contributed by atoms with E-state index in [1.165, 1.54) is 3.57 Å². The van der Waals surface area contributed by atoms with Gasteiger partial charge >= 0.3 is 0 Å². The fourth-order valence-electron chi connectivity index (χ4n) is 1.86. The molecule has 1 aromatic carbocycles. The van der Waals surface area contributed by atoms with Gasteiger partial charge in [0.05, 0.1) is 11.0 Å². The molecule has 0 saturated carbocycles. The van der Waals surface area contributed by atoms with Gasteiger partial charge in [-0.15, -0.1) is 0 Å². The van der Waals surface area contributed by atoms with Crippen molar-refractivity contribution in [2.75, 3.05) is 5.73 Å². The van der Waals surface area contributed by atoms with Crippen molar-refractivity contribution in [3.63, 3.8) is 0 Å². The van der Waals surface area contributed by atoms with E-state index >= 15 is 0 Å². The van der Waals surface area contributed by atoms with E-state index in [4.69, 9.17) is 5.73 Å². The summed E-state index contributed by atoms with van der Waals surface area (Å²) in [4.78, 5) is 4.44. The quantitative estimate of drug-likeness (QED) is 0.829. The highest BCUT2D eigenvalue weighted by molar-refractivity contribution is 14.1. The summed E-state index contributed by atoms with van der Waals surface area (Å²) in [7, 11) is 0. The monoisotopic (exact) mass is 357 g/mol. The van der Waals surface area contributed by atoms with E-state index in [-0.39, 0.29) is 5.41 Å². The van der Waals surface area contributed by atoms with E-state index in [2.05, 4.69) is 78.0 Å². The predicted molar refractivity (Wildman–Crippen MR) is 85.5 cm³/mol. The first kappa shape index (κ1) is 13.6. The fourth-order valence-corrected chi connectivity index (χ4v) is 2.34. The first-order valence-corrected chi connectivity index (χ1v) is 7.28. The number of rotatable bonds is 2. The largest absolute Gasteiger partial charge is 0.369 e. The predicted octanol–water partition coefficient (Wildman–Crippen LogP) is 3.91. The number of nitrogens with two attached hydrogens (primary N) is 1. The van der Waals surface area contributed by atoms with E-state index in [9.17, 15) is 0 Å². The summed E-state index contributed by atoms with van der Waals surface area (Å²) in [5, 5.41) is 0. The van der Waals surface area contributed by atoms with E-state index in [1.54, 1.807) is 0 Å². The van der Waals surface area contributed by atoms with Crippen LogP contribution in [0.3, 0.4) is 0 Å². The molecule has 0 saturated heterocycles. The Morgan fingerprint density at radius 3 is 2.67 bits per heavy atom. The second kappa shape index (κ2) is 4.72. The average molecular weight is 357 g/mol. The van der Waals surface area contributed by atoms with Crippen LogP contribution in [0, 0.1) is 14.9 Å². The molecule has 2 rings (SSSR count). The van der Waals surface area contributed by atoms with E-state index in [1.807, 2.05) is 0 Å². The van der Waals surface area contributed by atoms with Crippen LogP contribution >= 0.6 is 22.6 Å². The van der Waals surface area contributed by atoms with Crippen molar-refractivity contribution >= 4 is 39.6 Å². The number of aromatic nitrogens is 2. The Morgan fingerprint density at radius 1 is 1.39 bits per heavy atom. The molecule has 18 heavy (non-hydrogen) atoms. The molecule has 0 aliphatic rings. The normalized spacial score (nSPS) is 14.1. The number of hydrogen-bond acceptors (Lipinski definition) is 2. The number of nitrogen functional groups attached to an aromatic ring is 1. The molecule has 3 nitrogen and oxygen atoms in total. The van der Waals surface area contributed by atoms with Crippen LogP contribution in [0.2, 0.25) is 0 Å². The molecule has 1 unspecified atom stereocenters. The molecule has 0 aliphatic carbocycles. The number of anilines is 1. The highest BCUT2D eigenvalue weighted by atomic mass is 127. The van der Waals surface area contributed by atoms with Crippen LogP contribution in [-0.4, -0.2) is 9.55 Å². The molecule has 0 fully saturated rings. The minimum atomic E-state index is 0.270. The molecule has 0 bridgehead atoms. The van der Waals surface area contributed by atoms with Gasteiger partial charge in [0.15, 0.2) is 0 Å². The molecule has 1 aromatic heterocycles. The lowest BCUT2D eigenvalue weighted by Gasteiger charge is -2.28. The molecule has 2 aromatic rings. The molecule has 0 amide bonds.